The smallest absolute Gasteiger partial charge is 0.317 e. The van der Waals surface area contributed by atoms with Crippen molar-refractivity contribution in [3.8, 4) is 0 Å². The summed E-state index contributed by atoms with van der Waals surface area (Å²) in [5, 5.41) is 4.20. The van der Waals surface area contributed by atoms with Crippen molar-refractivity contribution in [2.75, 3.05) is 23.7 Å². The fourth-order valence-electron chi connectivity index (χ4n) is 5.40. The van der Waals surface area contributed by atoms with Crippen molar-refractivity contribution in [3.63, 3.8) is 0 Å². The number of amides is 2. The summed E-state index contributed by atoms with van der Waals surface area (Å²) < 4.78 is 28.2. The Labute approximate surface area is 242 Å². The quantitative estimate of drug-likeness (QED) is 0.365. The number of benzene rings is 2. The van der Waals surface area contributed by atoms with Crippen LogP contribution in [0.5, 0.6) is 0 Å². The Balaban J connectivity index is 1.61. The first-order chi connectivity index (χ1) is 18.9. The molecule has 216 valence electrons. The molecule has 0 bridgehead atoms. The highest BCUT2D eigenvalue weighted by Gasteiger charge is 2.37. The van der Waals surface area contributed by atoms with E-state index in [0.717, 1.165) is 48.6 Å². The molecule has 2 heterocycles. The van der Waals surface area contributed by atoms with E-state index in [4.69, 9.17) is 0 Å². The molecular formula is C33H43F2N3OS. The molecule has 2 amide bonds. The van der Waals surface area contributed by atoms with Crippen LogP contribution in [0, 0.1) is 30.4 Å². The minimum Gasteiger partial charge on any atom is -0.336 e. The van der Waals surface area contributed by atoms with Gasteiger partial charge in [-0.2, -0.15) is 0 Å². The number of nitrogens with zero attached hydrogens (tertiary/aromatic N) is 2. The Hall–Kier alpha value is -2.80. The first-order valence-electron chi connectivity index (χ1n) is 14.3. The molecule has 0 aliphatic carbocycles. The Bertz CT molecular complexity index is 1280. The topological polar surface area (TPSA) is 35.6 Å². The summed E-state index contributed by atoms with van der Waals surface area (Å²) in [4.78, 5) is 16.7. The summed E-state index contributed by atoms with van der Waals surface area (Å²) in [5.41, 5.74) is 4.75. The third-order valence-corrected chi connectivity index (χ3v) is 9.63. The molecule has 0 radical (unpaired) electrons. The Morgan fingerprint density at radius 3 is 2.30 bits per heavy atom. The van der Waals surface area contributed by atoms with E-state index in [1.165, 1.54) is 28.3 Å². The summed E-state index contributed by atoms with van der Waals surface area (Å²) in [7, 11) is 0. The number of rotatable bonds is 7. The Morgan fingerprint density at radius 2 is 1.70 bits per heavy atom. The predicted octanol–water partition coefficient (Wildman–Crippen LogP) is 8.39. The summed E-state index contributed by atoms with van der Waals surface area (Å²) in [6, 6.07) is 12.9. The number of carbonyl (C=O) groups is 1. The fraction of sp³-hybridized carbons (Fsp3) is 0.485. The van der Waals surface area contributed by atoms with Gasteiger partial charge < -0.3 is 15.1 Å². The number of aryl methyl sites for hydroxylation is 1. The average molecular weight is 568 g/mol. The highest BCUT2D eigenvalue weighted by Crippen LogP contribution is 2.47. The molecular weight excluding hydrogens is 524 g/mol. The monoisotopic (exact) mass is 567 g/mol. The number of hydrogen-bond donors (Lipinski definition) is 1. The van der Waals surface area contributed by atoms with Crippen molar-refractivity contribution in [2.24, 2.45) is 11.8 Å². The summed E-state index contributed by atoms with van der Waals surface area (Å²) >= 11 is 1.88. The van der Waals surface area contributed by atoms with E-state index in [1.54, 1.807) is 6.07 Å². The zero-order chi connectivity index (χ0) is 29.2. The number of piperidine rings is 1. The zero-order valence-corrected chi connectivity index (χ0v) is 25.7. The zero-order valence-electron chi connectivity index (χ0n) is 24.9. The van der Waals surface area contributed by atoms with Gasteiger partial charge in [0.25, 0.3) is 0 Å². The van der Waals surface area contributed by atoms with Crippen LogP contribution >= 0.6 is 11.8 Å². The highest BCUT2D eigenvalue weighted by molar-refractivity contribution is 8.03. The van der Waals surface area contributed by atoms with Gasteiger partial charge in [0, 0.05) is 41.7 Å². The van der Waals surface area contributed by atoms with Crippen LogP contribution < -0.4 is 10.2 Å². The van der Waals surface area contributed by atoms with Crippen molar-refractivity contribution in [1.29, 1.82) is 0 Å². The number of likely N-dealkylation sites (tertiary alicyclic amines) is 1. The van der Waals surface area contributed by atoms with E-state index >= 15 is 0 Å². The number of nitrogens with one attached hydrogen (secondary N) is 1. The van der Waals surface area contributed by atoms with Crippen molar-refractivity contribution < 1.29 is 13.6 Å². The highest BCUT2D eigenvalue weighted by atomic mass is 32.2. The van der Waals surface area contributed by atoms with Gasteiger partial charge in [0.2, 0.25) is 0 Å². The second-order valence-corrected chi connectivity index (χ2v) is 13.1. The van der Waals surface area contributed by atoms with E-state index in [1.807, 2.05) is 30.5 Å². The van der Waals surface area contributed by atoms with Gasteiger partial charge in [0.15, 0.2) is 11.6 Å². The molecule has 40 heavy (non-hydrogen) atoms. The second-order valence-electron chi connectivity index (χ2n) is 12.1. The molecule has 1 atom stereocenters. The van der Waals surface area contributed by atoms with Crippen molar-refractivity contribution in [1.82, 2.24) is 10.2 Å². The number of halogens is 2. The number of hydrogen-bond acceptors (Lipinski definition) is 3. The molecule has 0 spiro atoms. The number of urea groups is 1. The molecule has 0 saturated carbocycles. The molecule has 2 aliphatic heterocycles. The summed E-state index contributed by atoms with van der Waals surface area (Å²) in [6.07, 6.45) is 4.23. The first-order valence-corrected chi connectivity index (χ1v) is 15.3. The van der Waals surface area contributed by atoms with Gasteiger partial charge in [-0.25, -0.2) is 13.6 Å². The van der Waals surface area contributed by atoms with Crippen LogP contribution in [0.4, 0.5) is 19.3 Å². The molecule has 1 saturated heterocycles. The third kappa shape index (κ3) is 6.56. The van der Waals surface area contributed by atoms with E-state index in [9.17, 15) is 13.6 Å². The molecule has 1 N–H and O–H groups in total. The second kappa shape index (κ2) is 12.4. The number of carbonyl (C=O) groups excluding carboxylic acids is 1. The van der Waals surface area contributed by atoms with E-state index in [0.29, 0.717) is 5.92 Å². The Morgan fingerprint density at radius 1 is 1.05 bits per heavy atom. The molecule has 2 aliphatic rings. The van der Waals surface area contributed by atoms with Gasteiger partial charge in [-0.15, -0.1) is 11.8 Å². The average Bonchev–Trinajstić information content (AvgIpc) is 2.91. The molecule has 7 heteroatoms. The maximum Gasteiger partial charge on any atom is 0.317 e. The maximum atomic E-state index is 14.4. The minimum absolute atomic E-state index is 0.0283. The van der Waals surface area contributed by atoms with Gasteiger partial charge in [0.1, 0.15) is 0 Å². The molecule has 0 aromatic heterocycles. The van der Waals surface area contributed by atoms with E-state index < -0.39 is 17.0 Å². The van der Waals surface area contributed by atoms with Gasteiger partial charge in [-0.1, -0.05) is 50.6 Å². The lowest BCUT2D eigenvalue weighted by Crippen LogP contribution is -2.46. The molecule has 4 rings (SSSR count). The minimum atomic E-state index is -0.833. The molecule has 4 nitrogen and oxygen atoms in total. The Kier molecular flexibility index (Phi) is 9.33. The SMILES string of the molecule is CC1=C(SCC2CCN(C(=O)NC(C)C)CC2)N(c2ccc(C)cc2)C(C(C)(C)c2ccc(F)c(F)c2)=CC1C. The molecule has 1 unspecified atom stereocenters. The van der Waals surface area contributed by atoms with Crippen LogP contribution in [-0.2, 0) is 5.41 Å². The molecule has 1 fully saturated rings. The number of thioether (sulfide) groups is 1. The lowest BCUT2D eigenvalue weighted by atomic mass is 9.77. The largest absolute Gasteiger partial charge is 0.336 e. The lowest BCUT2D eigenvalue weighted by Gasteiger charge is -2.43. The number of allylic oxidation sites excluding steroid dienone is 3. The normalized spacial score (nSPS) is 18.9. The van der Waals surface area contributed by atoms with Crippen LogP contribution in [-0.4, -0.2) is 35.8 Å². The standard InChI is InChI=1S/C33H43F2N3OS/c1-21(2)36-32(39)37-16-14-25(15-17-37)20-40-31-24(5)23(4)18-30(38(31)27-11-8-22(3)9-12-27)33(6,7)26-10-13-28(34)29(35)19-26/h8-13,18-19,21,23,25H,14-17,20H2,1-7H3,(H,36,39). The van der Waals surface area contributed by atoms with Gasteiger partial charge in [-0.05, 0) is 87.8 Å². The predicted molar refractivity (Wildman–Crippen MR) is 163 cm³/mol. The van der Waals surface area contributed by atoms with Crippen LogP contribution in [0.1, 0.15) is 65.5 Å². The van der Waals surface area contributed by atoms with Crippen molar-refractivity contribution in [3.05, 3.63) is 87.6 Å². The maximum absolute atomic E-state index is 14.4. The lowest BCUT2D eigenvalue weighted by molar-refractivity contribution is 0.172. The van der Waals surface area contributed by atoms with E-state index in [-0.39, 0.29) is 18.0 Å². The van der Waals surface area contributed by atoms with Crippen molar-refractivity contribution in [2.45, 2.75) is 72.8 Å². The van der Waals surface area contributed by atoms with Crippen LogP contribution in [0.2, 0.25) is 0 Å². The van der Waals surface area contributed by atoms with Crippen molar-refractivity contribution >= 4 is 23.5 Å². The third-order valence-electron chi connectivity index (χ3n) is 8.22. The van der Waals surface area contributed by atoms with E-state index in [2.05, 4.69) is 75.2 Å². The van der Waals surface area contributed by atoms with Gasteiger partial charge in [-0.3, -0.25) is 0 Å². The number of anilines is 1. The summed E-state index contributed by atoms with van der Waals surface area (Å²) in [6.45, 7) is 16.2. The van der Waals surface area contributed by atoms with Crippen LogP contribution in [0.15, 0.2) is 64.8 Å². The van der Waals surface area contributed by atoms with Gasteiger partial charge >= 0.3 is 6.03 Å². The summed E-state index contributed by atoms with van der Waals surface area (Å²) in [5.74, 6) is 0.00934. The van der Waals surface area contributed by atoms with Gasteiger partial charge in [0.05, 0.1) is 5.03 Å². The molecule has 2 aromatic rings. The first kappa shape index (κ1) is 30.2. The van der Waals surface area contributed by atoms with Crippen LogP contribution in [0.3, 0.4) is 0 Å². The molecule has 2 aromatic carbocycles. The fourth-order valence-corrected chi connectivity index (χ4v) is 6.88. The van der Waals surface area contributed by atoms with Crippen LogP contribution in [0.25, 0.3) is 0 Å².